The van der Waals surface area contributed by atoms with Crippen molar-refractivity contribution in [2.45, 2.75) is 72.9 Å². The second kappa shape index (κ2) is 18.3. The summed E-state index contributed by atoms with van der Waals surface area (Å²) in [6, 6.07) is 0. The standard InChI is InChI=1S/C13H21.C5H5.C2H6Si.2ClH.Ti/c1-5-10-9-11(6-2)13(8-4)12(10)7-3;1-2-4-5-3-1;1-3-2;;;/h10H,5-8H2,1-4H3;1-3H,4H2;1-2H3;2*1H;/q2*-1;;;;+2/p-2. The molecule has 136 valence electrons. The Kier molecular flexibility index (Phi) is 22.3. The Morgan fingerprint density at radius 2 is 1.67 bits per heavy atom. The molecule has 0 spiro atoms. The fraction of sp³-hybridized carbons (Fsp3) is 0.600. The van der Waals surface area contributed by atoms with E-state index in [1.54, 1.807) is 11.1 Å². The Hall–Kier alpha value is 0.471. The average molecular weight is 419 g/mol. The van der Waals surface area contributed by atoms with Gasteiger partial charge in [0.05, 0.1) is 0 Å². The van der Waals surface area contributed by atoms with Gasteiger partial charge in [0.25, 0.3) is 0 Å². The van der Waals surface area contributed by atoms with Crippen LogP contribution < -0.4 is 24.8 Å². The summed E-state index contributed by atoms with van der Waals surface area (Å²) in [4.78, 5) is 0. The normalized spacial score (nSPS) is 17.0. The minimum absolute atomic E-state index is 0. The van der Waals surface area contributed by atoms with Crippen molar-refractivity contribution in [3.8, 4) is 0 Å². The summed E-state index contributed by atoms with van der Waals surface area (Å²) in [6.45, 7) is 13.6. The molecule has 2 aliphatic rings. The van der Waals surface area contributed by atoms with E-state index in [1.165, 1.54) is 24.8 Å². The fourth-order valence-electron chi connectivity index (χ4n) is 2.69. The van der Waals surface area contributed by atoms with Crippen molar-refractivity contribution in [3.05, 3.63) is 47.1 Å². The molecule has 0 nitrogen and oxygen atoms in total. The van der Waals surface area contributed by atoms with E-state index in [0.717, 1.165) is 12.8 Å². The van der Waals surface area contributed by atoms with Gasteiger partial charge in [0.1, 0.15) is 0 Å². The average Bonchev–Trinajstić information content (AvgIpc) is 3.16. The Morgan fingerprint density at radius 3 is 1.92 bits per heavy atom. The van der Waals surface area contributed by atoms with Gasteiger partial charge in [-0.25, -0.2) is 17.7 Å². The van der Waals surface area contributed by atoms with E-state index in [9.17, 15) is 0 Å². The van der Waals surface area contributed by atoms with Crippen LogP contribution in [0, 0.1) is 18.1 Å². The minimum atomic E-state index is 0. The summed E-state index contributed by atoms with van der Waals surface area (Å²) in [5.74, 6) is 0.634. The Labute approximate surface area is 175 Å². The maximum absolute atomic E-state index is 3.63. The molecule has 0 bridgehead atoms. The molecular formula is C20H32Cl2SiTi-2. The molecule has 0 aliphatic heterocycles. The van der Waals surface area contributed by atoms with Crippen LogP contribution in [0.25, 0.3) is 0 Å². The predicted molar refractivity (Wildman–Crippen MR) is 97.5 cm³/mol. The number of hydrogen-bond donors (Lipinski definition) is 0. The molecule has 0 saturated carbocycles. The maximum Gasteiger partial charge on any atom is -0.109 e. The molecule has 0 amide bonds. The van der Waals surface area contributed by atoms with E-state index >= 15 is 0 Å². The molecule has 0 aromatic rings. The molecule has 0 heterocycles. The molecule has 1 atom stereocenters. The van der Waals surface area contributed by atoms with Gasteiger partial charge in [-0.05, 0) is 0 Å². The van der Waals surface area contributed by atoms with Gasteiger partial charge in [0, 0.05) is 0 Å². The molecule has 0 fully saturated rings. The third-order valence-electron chi connectivity index (χ3n) is 3.60. The Bertz CT molecular complexity index is 448. The quantitative estimate of drug-likeness (QED) is 0.457. The van der Waals surface area contributed by atoms with E-state index in [1.807, 2.05) is 12.2 Å². The van der Waals surface area contributed by atoms with Crippen molar-refractivity contribution in [1.29, 1.82) is 0 Å². The van der Waals surface area contributed by atoms with Gasteiger partial charge in [-0.3, -0.25) is 12.2 Å². The first-order valence-corrected chi connectivity index (χ1v) is 13.4. The third kappa shape index (κ3) is 11.9. The molecule has 0 saturated heterocycles. The zero-order valence-electron chi connectivity index (χ0n) is 16.1. The molecular weight excluding hydrogens is 387 g/mol. The predicted octanol–water partition coefficient (Wildman–Crippen LogP) is 0.380. The number of allylic oxidation sites excluding steroid dienone is 8. The van der Waals surface area contributed by atoms with Gasteiger partial charge in [-0.1, -0.05) is 59.3 Å². The number of halogens is 2. The molecule has 0 N–H and O–H groups in total. The first kappa shape index (κ1) is 29.2. The second-order valence-corrected chi connectivity index (χ2v) is 12.3. The van der Waals surface area contributed by atoms with Crippen LogP contribution in [0.1, 0.15) is 59.8 Å². The van der Waals surface area contributed by atoms with Crippen molar-refractivity contribution in [2.75, 3.05) is 0 Å². The monoisotopic (exact) mass is 418 g/mol. The molecule has 24 heavy (non-hydrogen) atoms. The van der Waals surface area contributed by atoms with E-state index in [2.05, 4.69) is 78.2 Å². The summed E-state index contributed by atoms with van der Waals surface area (Å²) >= 11 is 2.27. The zero-order chi connectivity index (χ0) is 17.0. The molecule has 0 radical (unpaired) electrons. The fourth-order valence-corrected chi connectivity index (χ4v) is 2.69. The van der Waals surface area contributed by atoms with Crippen LogP contribution in [0.4, 0.5) is 0 Å². The summed E-state index contributed by atoms with van der Waals surface area (Å²) in [5, 5.41) is 0. The second-order valence-electron chi connectivity index (χ2n) is 5.65. The van der Waals surface area contributed by atoms with Crippen LogP contribution in [0.15, 0.2) is 34.9 Å². The van der Waals surface area contributed by atoms with E-state index in [0.29, 0.717) is 5.92 Å². The summed E-state index contributed by atoms with van der Waals surface area (Å²) in [7, 11) is 0. The molecule has 0 aromatic carbocycles. The summed E-state index contributed by atoms with van der Waals surface area (Å²) < 4.78 is 0. The van der Waals surface area contributed by atoms with Gasteiger partial charge in [-0.2, -0.15) is 17.2 Å². The van der Waals surface area contributed by atoms with Crippen molar-refractivity contribution in [3.63, 3.8) is 0 Å². The van der Waals surface area contributed by atoms with Crippen LogP contribution in [0.3, 0.4) is 0 Å². The van der Waals surface area contributed by atoms with Crippen molar-refractivity contribution < 1.29 is 44.0 Å². The van der Waals surface area contributed by atoms with Crippen LogP contribution >= 0.6 is 0 Å². The van der Waals surface area contributed by atoms with Crippen LogP contribution in [0.5, 0.6) is 0 Å². The SMILES string of the molecule is CCC1=[C-]C(CC)C(CC)=C1CC.C[Si](C)=[Ti+2].[C-]1=CC=CC1.[Cl-].[Cl-]. The van der Waals surface area contributed by atoms with Crippen molar-refractivity contribution in [1.82, 2.24) is 0 Å². The van der Waals surface area contributed by atoms with E-state index in [4.69, 9.17) is 0 Å². The van der Waals surface area contributed by atoms with Gasteiger partial charge in [0.15, 0.2) is 0 Å². The van der Waals surface area contributed by atoms with Crippen LogP contribution in [-0.2, 0) is 19.2 Å². The van der Waals surface area contributed by atoms with Crippen LogP contribution in [0.2, 0.25) is 13.1 Å². The number of rotatable bonds is 4. The zero-order valence-corrected chi connectivity index (χ0v) is 20.2. The minimum Gasteiger partial charge on any atom is -1.00 e. The van der Waals surface area contributed by atoms with Gasteiger partial charge in [0.2, 0.25) is 0 Å². The molecule has 1 unspecified atom stereocenters. The molecule has 2 rings (SSSR count). The van der Waals surface area contributed by atoms with Crippen LogP contribution in [-0.4, -0.2) is 6.19 Å². The molecule has 0 aromatic heterocycles. The third-order valence-corrected chi connectivity index (χ3v) is 3.60. The Balaban J connectivity index is -0.000000335. The largest absolute Gasteiger partial charge is 1.00 e. The van der Waals surface area contributed by atoms with E-state index < -0.39 is 0 Å². The van der Waals surface area contributed by atoms with Gasteiger partial charge in [-0.15, -0.1) is 6.42 Å². The molecule has 2 aliphatic carbocycles. The van der Waals surface area contributed by atoms with Gasteiger partial charge >= 0.3 is 38.5 Å². The van der Waals surface area contributed by atoms with Crippen molar-refractivity contribution >= 4 is 6.19 Å². The topological polar surface area (TPSA) is 0 Å². The molecule has 4 heteroatoms. The maximum atomic E-state index is 3.63. The van der Waals surface area contributed by atoms with Gasteiger partial charge < -0.3 is 24.8 Å². The van der Waals surface area contributed by atoms with Crippen molar-refractivity contribution in [2.24, 2.45) is 5.92 Å². The smallest absolute Gasteiger partial charge is 0.109 e. The first-order chi connectivity index (χ1) is 10.5. The number of hydrogen-bond acceptors (Lipinski definition) is 0. The Morgan fingerprint density at radius 1 is 1.08 bits per heavy atom. The summed E-state index contributed by atoms with van der Waals surface area (Å²) in [5.41, 5.74) is 4.75. The first-order valence-electron chi connectivity index (χ1n) is 8.59. The van der Waals surface area contributed by atoms with E-state index in [-0.39, 0.29) is 31.0 Å². The summed E-state index contributed by atoms with van der Waals surface area (Å²) in [6.07, 6.45) is 18.5.